The van der Waals surface area contributed by atoms with E-state index in [9.17, 15) is 0 Å². The van der Waals surface area contributed by atoms with E-state index in [1.165, 1.54) is 60.3 Å². The van der Waals surface area contributed by atoms with Gasteiger partial charge in [0, 0.05) is 12.7 Å². The Labute approximate surface area is 134 Å². The van der Waals surface area contributed by atoms with Gasteiger partial charge in [0.05, 0.1) is 0 Å². The normalized spacial score (nSPS) is 19.8. The number of likely N-dealkylation sites (N-methyl/N-ethyl adjacent to an activating group) is 1. The van der Waals surface area contributed by atoms with Gasteiger partial charge >= 0.3 is 0 Å². The van der Waals surface area contributed by atoms with Crippen LogP contribution in [0.5, 0.6) is 0 Å². The lowest BCUT2D eigenvalue weighted by Gasteiger charge is -2.30. The van der Waals surface area contributed by atoms with Gasteiger partial charge in [0.15, 0.2) is 0 Å². The number of hydrogen-bond donors (Lipinski definition) is 1. The van der Waals surface area contributed by atoms with Crippen LogP contribution >= 0.6 is 0 Å². The molecule has 0 bridgehead atoms. The molecule has 1 aromatic carbocycles. The van der Waals surface area contributed by atoms with Crippen molar-refractivity contribution in [1.29, 1.82) is 0 Å². The van der Waals surface area contributed by atoms with Crippen molar-refractivity contribution < 1.29 is 0 Å². The Morgan fingerprint density at radius 2 is 2.00 bits per heavy atom. The van der Waals surface area contributed by atoms with Gasteiger partial charge in [0.25, 0.3) is 0 Å². The third-order valence-corrected chi connectivity index (χ3v) is 5.43. The van der Waals surface area contributed by atoms with Crippen molar-refractivity contribution in [3.63, 3.8) is 0 Å². The molecule has 0 unspecified atom stereocenters. The summed E-state index contributed by atoms with van der Waals surface area (Å²) in [5.74, 6) is 0.850. The molecule has 118 valence electrons. The molecule has 0 radical (unpaired) electrons. The van der Waals surface area contributed by atoms with Gasteiger partial charge in [-0.3, -0.25) is 0 Å². The third kappa shape index (κ3) is 2.98. The van der Waals surface area contributed by atoms with Crippen molar-refractivity contribution in [3.8, 4) is 0 Å². The van der Waals surface area contributed by atoms with Crippen LogP contribution < -0.4 is 5.32 Å². The SMILES string of the molecule is C=C1Cc2c(ccc(CC3CCN(C)CC3)c2C)C=C1NC. The molecule has 2 nitrogen and oxygen atoms in total. The molecule has 2 heteroatoms. The van der Waals surface area contributed by atoms with Crippen LogP contribution in [0.15, 0.2) is 30.0 Å². The molecule has 0 atom stereocenters. The minimum Gasteiger partial charge on any atom is -0.388 e. The first-order chi connectivity index (χ1) is 10.6. The van der Waals surface area contributed by atoms with Crippen LogP contribution in [0.1, 0.15) is 35.1 Å². The molecule has 0 spiro atoms. The van der Waals surface area contributed by atoms with E-state index in [1.54, 1.807) is 5.56 Å². The van der Waals surface area contributed by atoms with Gasteiger partial charge in [0.2, 0.25) is 0 Å². The summed E-state index contributed by atoms with van der Waals surface area (Å²) in [5.41, 5.74) is 8.26. The van der Waals surface area contributed by atoms with Crippen LogP contribution in [0, 0.1) is 12.8 Å². The van der Waals surface area contributed by atoms with E-state index >= 15 is 0 Å². The number of nitrogens with one attached hydrogen (secondary N) is 1. The monoisotopic (exact) mass is 296 g/mol. The molecule has 1 aliphatic heterocycles. The zero-order chi connectivity index (χ0) is 15.7. The minimum atomic E-state index is 0.850. The Kier molecular flexibility index (Phi) is 4.39. The van der Waals surface area contributed by atoms with E-state index in [0.717, 1.165) is 12.3 Å². The summed E-state index contributed by atoms with van der Waals surface area (Å²) >= 11 is 0. The lowest BCUT2D eigenvalue weighted by Crippen LogP contribution is -2.31. The van der Waals surface area contributed by atoms with Crippen LogP contribution in [0.25, 0.3) is 6.08 Å². The maximum absolute atomic E-state index is 4.22. The number of hydrogen-bond acceptors (Lipinski definition) is 2. The lowest BCUT2D eigenvalue weighted by molar-refractivity contribution is 0.219. The molecule has 22 heavy (non-hydrogen) atoms. The smallest absolute Gasteiger partial charge is 0.0373 e. The summed E-state index contributed by atoms with van der Waals surface area (Å²) in [4.78, 5) is 2.45. The van der Waals surface area contributed by atoms with E-state index in [2.05, 4.69) is 49.0 Å². The van der Waals surface area contributed by atoms with Gasteiger partial charge in [-0.2, -0.15) is 0 Å². The average Bonchev–Trinajstić information content (AvgIpc) is 2.52. The predicted octanol–water partition coefficient (Wildman–Crippen LogP) is 3.55. The summed E-state index contributed by atoms with van der Waals surface area (Å²) in [5, 5.41) is 3.26. The van der Waals surface area contributed by atoms with Crippen molar-refractivity contribution in [2.75, 3.05) is 27.2 Å². The van der Waals surface area contributed by atoms with Crippen LogP contribution in [0.2, 0.25) is 0 Å². The number of rotatable bonds is 3. The zero-order valence-corrected chi connectivity index (χ0v) is 14.2. The molecule has 0 saturated carbocycles. The van der Waals surface area contributed by atoms with E-state index in [1.807, 2.05) is 7.05 Å². The van der Waals surface area contributed by atoms with Crippen LogP contribution in [-0.2, 0) is 12.8 Å². The maximum atomic E-state index is 4.22. The molecule has 1 fully saturated rings. The summed E-state index contributed by atoms with van der Waals surface area (Å²) in [6, 6.07) is 4.65. The van der Waals surface area contributed by atoms with Crippen LogP contribution in [0.3, 0.4) is 0 Å². The molecule has 2 aliphatic rings. The molecule has 1 N–H and O–H groups in total. The highest BCUT2D eigenvalue weighted by atomic mass is 15.1. The second-order valence-corrected chi connectivity index (χ2v) is 6.96. The molecular weight excluding hydrogens is 268 g/mol. The molecule has 1 saturated heterocycles. The summed E-state index contributed by atoms with van der Waals surface area (Å²) < 4.78 is 0. The van der Waals surface area contributed by atoms with Crippen molar-refractivity contribution in [3.05, 3.63) is 52.2 Å². The second kappa shape index (κ2) is 6.29. The number of benzene rings is 1. The highest BCUT2D eigenvalue weighted by Crippen LogP contribution is 2.31. The number of fused-ring (bicyclic) bond motifs is 1. The molecule has 0 aromatic heterocycles. The maximum Gasteiger partial charge on any atom is 0.0373 e. The molecule has 1 aliphatic carbocycles. The van der Waals surface area contributed by atoms with Gasteiger partial charge in [0.1, 0.15) is 0 Å². The third-order valence-electron chi connectivity index (χ3n) is 5.43. The van der Waals surface area contributed by atoms with Crippen LogP contribution in [0.4, 0.5) is 0 Å². The van der Waals surface area contributed by atoms with E-state index in [-0.39, 0.29) is 0 Å². The Hall–Kier alpha value is -1.54. The highest BCUT2D eigenvalue weighted by Gasteiger charge is 2.20. The molecular formula is C20H28N2. The Morgan fingerprint density at radius 1 is 1.27 bits per heavy atom. The first-order valence-electron chi connectivity index (χ1n) is 8.46. The average molecular weight is 296 g/mol. The molecule has 1 heterocycles. The quantitative estimate of drug-likeness (QED) is 0.917. The van der Waals surface area contributed by atoms with Crippen molar-refractivity contribution >= 4 is 6.08 Å². The first kappa shape index (κ1) is 15.4. The molecule has 3 rings (SSSR count). The van der Waals surface area contributed by atoms with Crippen molar-refractivity contribution in [1.82, 2.24) is 10.2 Å². The van der Waals surface area contributed by atoms with E-state index in [0.29, 0.717) is 0 Å². The fraction of sp³-hybridized carbons (Fsp3) is 0.500. The lowest BCUT2D eigenvalue weighted by atomic mass is 9.83. The largest absolute Gasteiger partial charge is 0.388 e. The summed E-state index contributed by atoms with van der Waals surface area (Å²) in [7, 11) is 4.21. The standard InChI is InChI=1S/C20H28N2/c1-14-11-19-15(2)17(5-6-18(19)13-20(14)21-3)12-16-7-9-22(4)10-8-16/h5-6,13,16,21H,1,7-12H2,2-4H3. The zero-order valence-electron chi connectivity index (χ0n) is 14.2. The van der Waals surface area contributed by atoms with Gasteiger partial charge in [-0.15, -0.1) is 0 Å². The van der Waals surface area contributed by atoms with Gasteiger partial charge < -0.3 is 10.2 Å². The van der Waals surface area contributed by atoms with Gasteiger partial charge in [-0.1, -0.05) is 18.7 Å². The van der Waals surface area contributed by atoms with Gasteiger partial charge in [-0.25, -0.2) is 0 Å². The van der Waals surface area contributed by atoms with Gasteiger partial charge in [-0.05, 0) is 92.6 Å². The molecule has 0 amide bonds. The second-order valence-electron chi connectivity index (χ2n) is 6.96. The van der Waals surface area contributed by atoms with E-state index < -0.39 is 0 Å². The minimum absolute atomic E-state index is 0.850. The Balaban J connectivity index is 1.82. The summed E-state index contributed by atoms with van der Waals surface area (Å²) in [6.45, 7) is 9.02. The Morgan fingerprint density at radius 3 is 2.68 bits per heavy atom. The highest BCUT2D eigenvalue weighted by molar-refractivity contribution is 5.67. The number of nitrogens with zero attached hydrogens (tertiary/aromatic N) is 1. The Bertz CT molecular complexity index is 604. The van der Waals surface area contributed by atoms with E-state index in [4.69, 9.17) is 0 Å². The predicted molar refractivity (Wildman–Crippen MR) is 95.0 cm³/mol. The van der Waals surface area contributed by atoms with Crippen molar-refractivity contribution in [2.24, 2.45) is 5.92 Å². The fourth-order valence-corrected chi connectivity index (χ4v) is 3.81. The summed E-state index contributed by atoms with van der Waals surface area (Å²) in [6.07, 6.45) is 7.14. The first-order valence-corrected chi connectivity index (χ1v) is 8.46. The van der Waals surface area contributed by atoms with Crippen molar-refractivity contribution in [2.45, 2.75) is 32.6 Å². The van der Waals surface area contributed by atoms with Crippen LogP contribution in [-0.4, -0.2) is 32.1 Å². The molecule has 1 aromatic rings. The topological polar surface area (TPSA) is 15.3 Å². The number of allylic oxidation sites excluding steroid dienone is 1. The number of piperidine rings is 1. The fourth-order valence-electron chi connectivity index (χ4n) is 3.81. The number of likely N-dealkylation sites (tertiary alicyclic amines) is 1.